The van der Waals surface area contributed by atoms with Crippen molar-refractivity contribution in [2.24, 2.45) is 5.92 Å². The summed E-state index contributed by atoms with van der Waals surface area (Å²) in [6, 6.07) is 50.8. The second kappa shape index (κ2) is 9.11. The molecule has 1 unspecified atom stereocenters. The lowest BCUT2D eigenvalue weighted by molar-refractivity contribution is 0.488. The van der Waals surface area contributed by atoms with Crippen LogP contribution in [0.5, 0.6) is 0 Å². The molecule has 1 atom stereocenters. The van der Waals surface area contributed by atoms with E-state index in [9.17, 15) is 0 Å². The van der Waals surface area contributed by atoms with E-state index in [4.69, 9.17) is 0 Å². The first-order valence-electron chi connectivity index (χ1n) is 17.1. The molecular weight excluding hydrogens is 567 g/mol. The lowest BCUT2D eigenvalue weighted by atomic mass is 9.64. The SMILES string of the molecule is CCc1cccc2c1Cc1ccc(-n3c4c(c5ccccc53)CC3C(=C4)c4ccccc4C34c3ccccc3-c3ccccc34)cc1-2. The second-order valence-electron chi connectivity index (χ2n) is 13.8. The first-order chi connectivity index (χ1) is 23.3. The third-order valence-electron chi connectivity index (χ3n) is 11.9. The van der Waals surface area contributed by atoms with E-state index in [1.807, 2.05) is 0 Å². The molecule has 47 heavy (non-hydrogen) atoms. The molecule has 0 amide bonds. The van der Waals surface area contributed by atoms with Crippen LogP contribution in [0.2, 0.25) is 0 Å². The maximum Gasteiger partial charge on any atom is 0.0541 e. The molecule has 0 N–H and O–H groups in total. The summed E-state index contributed by atoms with van der Waals surface area (Å²) in [4.78, 5) is 0. The van der Waals surface area contributed by atoms with Gasteiger partial charge in [-0.15, -0.1) is 0 Å². The van der Waals surface area contributed by atoms with Gasteiger partial charge in [-0.3, -0.25) is 0 Å². The molecule has 222 valence electrons. The summed E-state index contributed by atoms with van der Waals surface area (Å²) < 4.78 is 2.56. The maximum absolute atomic E-state index is 2.57. The van der Waals surface area contributed by atoms with E-state index in [2.05, 4.69) is 151 Å². The average molecular weight is 600 g/mol. The van der Waals surface area contributed by atoms with E-state index >= 15 is 0 Å². The maximum atomic E-state index is 2.57. The Labute approximate surface area is 275 Å². The predicted octanol–water partition coefficient (Wildman–Crippen LogP) is 10.8. The van der Waals surface area contributed by atoms with Gasteiger partial charge in [-0.25, -0.2) is 0 Å². The summed E-state index contributed by atoms with van der Waals surface area (Å²) in [5, 5.41) is 1.37. The van der Waals surface area contributed by atoms with Crippen molar-refractivity contribution in [1.82, 2.24) is 4.57 Å². The molecule has 6 aromatic carbocycles. The minimum Gasteiger partial charge on any atom is -0.310 e. The number of hydrogen-bond acceptors (Lipinski definition) is 0. The van der Waals surface area contributed by atoms with Gasteiger partial charge in [-0.05, 0) is 116 Å². The first-order valence-corrected chi connectivity index (χ1v) is 17.1. The molecular formula is C46H33N. The third kappa shape index (κ3) is 3.10. The number of nitrogens with zero attached hydrogens (tertiary/aromatic N) is 1. The topological polar surface area (TPSA) is 4.93 Å². The predicted molar refractivity (Wildman–Crippen MR) is 194 cm³/mol. The highest BCUT2D eigenvalue weighted by molar-refractivity contribution is 6.01. The van der Waals surface area contributed by atoms with Gasteiger partial charge in [0.25, 0.3) is 0 Å². The summed E-state index contributed by atoms with van der Waals surface area (Å²) in [7, 11) is 0. The van der Waals surface area contributed by atoms with Crippen LogP contribution in [0.25, 0.3) is 50.5 Å². The molecule has 7 aromatic rings. The Morgan fingerprint density at radius 3 is 2.04 bits per heavy atom. The Kier molecular flexibility index (Phi) is 4.99. The van der Waals surface area contributed by atoms with Crippen LogP contribution in [0, 0.1) is 5.92 Å². The van der Waals surface area contributed by atoms with Gasteiger partial charge < -0.3 is 4.57 Å². The van der Waals surface area contributed by atoms with E-state index in [1.54, 1.807) is 0 Å². The quantitative estimate of drug-likeness (QED) is 0.186. The molecule has 1 heteroatoms. The third-order valence-corrected chi connectivity index (χ3v) is 11.9. The van der Waals surface area contributed by atoms with Crippen LogP contribution in [0.15, 0.2) is 133 Å². The summed E-state index contributed by atoms with van der Waals surface area (Å²) in [6.45, 7) is 2.27. The van der Waals surface area contributed by atoms with Crippen LogP contribution < -0.4 is 0 Å². The van der Waals surface area contributed by atoms with Gasteiger partial charge in [0.05, 0.1) is 16.6 Å². The minimum absolute atomic E-state index is 0.204. The molecule has 1 nitrogen and oxygen atoms in total. The zero-order valence-corrected chi connectivity index (χ0v) is 26.4. The summed E-state index contributed by atoms with van der Waals surface area (Å²) in [6.07, 6.45) is 5.68. The van der Waals surface area contributed by atoms with Crippen molar-refractivity contribution in [2.45, 2.75) is 31.6 Å². The lowest BCUT2D eigenvalue weighted by Gasteiger charge is -2.37. The molecule has 4 aliphatic rings. The Morgan fingerprint density at radius 1 is 0.617 bits per heavy atom. The smallest absolute Gasteiger partial charge is 0.0541 e. The van der Waals surface area contributed by atoms with Gasteiger partial charge in [0.15, 0.2) is 0 Å². The standard InChI is InChI=1S/C46H33N/c1-2-28-12-11-17-31-36(28)24-29-22-23-30(25-37(29)31)47-44-21-10-6-16-35(44)39-26-43-38(27-45(39)47)34-15-5-9-20-42(34)46(43)40-18-7-3-13-32(40)33-14-4-8-19-41(33)46/h3-23,25,27,43H,2,24,26H2,1H3. The number of para-hydroxylation sites is 1. The molecule has 0 aliphatic heterocycles. The lowest BCUT2D eigenvalue weighted by Crippen LogP contribution is -2.34. The minimum atomic E-state index is -0.204. The Bertz CT molecular complexity index is 2470. The van der Waals surface area contributed by atoms with Crippen molar-refractivity contribution in [3.8, 4) is 27.9 Å². The van der Waals surface area contributed by atoms with Gasteiger partial charge in [-0.1, -0.05) is 122 Å². The van der Waals surface area contributed by atoms with Crippen LogP contribution in [0.1, 0.15) is 57.1 Å². The van der Waals surface area contributed by atoms with Crippen LogP contribution >= 0.6 is 0 Å². The van der Waals surface area contributed by atoms with Gasteiger partial charge in [0.1, 0.15) is 0 Å². The van der Waals surface area contributed by atoms with E-state index in [0.717, 1.165) is 19.3 Å². The number of rotatable bonds is 2. The first kappa shape index (κ1) is 25.8. The molecule has 4 aliphatic carbocycles. The summed E-state index contributed by atoms with van der Waals surface area (Å²) >= 11 is 0. The second-order valence-corrected chi connectivity index (χ2v) is 13.8. The fourth-order valence-corrected chi connectivity index (χ4v) is 10.1. The van der Waals surface area contributed by atoms with Crippen molar-refractivity contribution in [3.05, 3.63) is 184 Å². The molecule has 0 saturated heterocycles. The van der Waals surface area contributed by atoms with E-state index in [0.29, 0.717) is 5.92 Å². The highest BCUT2D eigenvalue weighted by Crippen LogP contribution is 2.66. The zero-order chi connectivity index (χ0) is 30.9. The molecule has 11 rings (SSSR count). The van der Waals surface area contributed by atoms with Crippen LogP contribution in [0.4, 0.5) is 0 Å². The molecule has 1 heterocycles. The molecule has 1 aromatic heterocycles. The monoisotopic (exact) mass is 599 g/mol. The number of aromatic nitrogens is 1. The van der Waals surface area contributed by atoms with Gasteiger partial charge in [0.2, 0.25) is 0 Å². The van der Waals surface area contributed by atoms with Crippen molar-refractivity contribution >= 4 is 22.6 Å². The fourth-order valence-electron chi connectivity index (χ4n) is 10.1. The van der Waals surface area contributed by atoms with Crippen molar-refractivity contribution in [3.63, 3.8) is 0 Å². The van der Waals surface area contributed by atoms with Gasteiger partial charge in [-0.2, -0.15) is 0 Å². The zero-order valence-electron chi connectivity index (χ0n) is 26.4. The number of hydrogen-bond donors (Lipinski definition) is 0. The molecule has 1 spiro atoms. The highest BCUT2D eigenvalue weighted by Gasteiger charge is 2.57. The summed E-state index contributed by atoms with van der Waals surface area (Å²) in [5.74, 6) is 0.316. The van der Waals surface area contributed by atoms with Gasteiger partial charge >= 0.3 is 0 Å². The van der Waals surface area contributed by atoms with Crippen LogP contribution in [-0.4, -0.2) is 4.57 Å². The molecule has 0 fully saturated rings. The fraction of sp³-hybridized carbons (Fsp3) is 0.130. The molecule has 0 radical (unpaired) electrons. The average Bonchev–Trinajstić information content (AvgIpc) is 3.84. The Balaban J connectivity index is 1.17. The number of allylic oxidation sites excluding steroid dienone is 1. The van der Waals surface area contributed by atoms with Crippen molar-refractivity contribution in [1.29, 1.82) is 0 Å². The normalized spacial score (nSPS) is 17.0. The Hall–Kier alpha value is -5.40. The van der Waals surface area contributed by atoms with Crippen molar-refractivity contribution < 1.29 is 0 Å². The van der Waals surface area contributed by atoms with E-state index in [1.165, 1.54) is 94.6 Å². The largest absolute Gasteiger partial charge is 0.310 e. The van der Waals surface area contributed by atoms with Gasteiger partial charge in [0, 0.05) is 17.0 Å². The summed E-state index contributed by atoms with van der Waals surface area (Å²) in [5.41, 5.74) is 22.4. The number of aryl methyl sites for hydroxylation is 1. The molecule has 0 saturated carbocycles. The highest BCUT2D eigenvalue weighted by atomic mass is 15.0. The number of fused-ring (bicyclic) bond motifs is 16. The van der Waals surface area contributed by atoms with E-state index in [-0.39, 0.29) is 5.41 Å². The van der Waals surface area contributed by atoms with Crippen LogP contribution in [-0.2, 0) is 24.7 Å². The van der Waals surface area contributed by atoms with Crippen molar-refractivity contribution in [2.75, 3.05) is 0 Å². The van der Waals surface area contributed by atoms with Crippen LogP contribution in [0.3, 0.4) is 0 Å². The Morgan fingerprint density at radius 2 is 1.28 bits per heavy atom. The molecule has 0 bridgehead atoms. The number of benzene rings is 6. The van der Waals surface area contributed by atoms with E-state index < -0.39 is 0 Å².